The van der Waals surface area contributed by atoms with Gasteiger partial charge >= 0.3 is 5.69 Å². The van der Waals surface area contributed by atoms with Crippen LogP contribution in [0.1, 0.15) is 11.7 Å². The Bertz CT molecular complexity index is 911. The van der Waals surface area contributed by atoms with Gasteiger partial charge in [0.2, 0.25) is 0 Å². The van der Waals surface area contributed by atoms with Crippen molar-refractivity contribution in [1.29, 1.82) is 0 Å². The fourth-order valence-corrected chi connectivity index (χ4v) is 2.16. The molecule has 0 bridgehead atoms. The van der Waals surface area contributed by atoms with Crippen molar-refractivity contribution in [2.45, 2.75) is 13.5 Å². The van der Waals surface area contributed by atoms with Crippen LogP contribution in [0.25, 0.3) is 11.2 Å². The van der Waals surface area contributed by atoms with E-state index < -0.39 is 5.69 Å². The van der Waals surface area contributed by atoms with Gasteiger partial charge in [0.05, 0.1) is 19.1 Å². The summed E-state index contributed by atoms with van der Waals surface area (Å²) in [5.74, 6) is 1.18. The van der Waals surface area contributed by atoms with Crippen molar-refractivity contribution < 1.29 is 4.42 Å². The van der Waals surface area contributed by atoms with Crippen LogP contribution < -0.4 is 11.2 Å². The summed E-state index contributed by atoms with van der Waals surface area (Å²) in [6.07, 6.45) is 3.12. The van der Waals surface area contributed by atoms with Crippen molar-refractivity contribution in [3.8, 4) is 0 Å². The van der Waals surface area contributed by atoms with E-state index in [0.717, 1.165) is 4.57 Å². The molecule has 0 radical (unpaired) electrons. The quantitative estimate of drug-likeness (QED) is 0.645. The number of nitrogens with zero attached hydrogens (tertiary/aromatic N) is 5. The zero-order chi connectivity index (χ0) is 14.4. The predicted molar refractivity (Wildman–Crippen MR) is 70.6 cm³/mol. The van der Waals surface area contributed by atoms with Gasteiger partial charge in [-0.1, -0.05) is 0 Å². The molecule has 0 atom stereocenters. The lowest BCUT2D eigenvalue weighted by atomic mass is 10.4. The molecule has 0 amide bonds. The van der Waals surface area contributed by atoms with Crippen molar-refractivity contribution in [3.05, 3.63) is 45.0 Å². The third-order valence-electron chi connectivity index (χ3n) is 3.21. The largest absolute Gasteiger partial charge is 0.444 e. The van der Waals surface area contributed by atoms with E-state index in [4.69, 9.17) is 4.42 Å². The SMILES string of the molecule is Cc1ncc(Cn2cnc3c2c(=O)n(C)c(=O)n3C)o1. The lowest BCUT2D eigenvalue weighted by Crippen LogP contribution is -2.37. The molecular weight excluding hydrogens is 262 g/mol. The van der Waals surface area contributed by atoms with E-state index in [2.05, 4.69) is 9.97 Å². The van der Waals surface area contributed by atoms with Crippen molar-refractivity contribution in [2.24, 2.45) is 14.1 Å². The fraction of sp³-hybridized carbons (Fsp3) is 0.333. The maximum absolute atomic E-state index is 12.2. The molecule has 0 aliphatic carbocycles. The summed E-state index contributed by atoms with van der Waals surface area (Å²) in [5.41, 5.74) is -0.0573. The number of oxazole rings is 1. The molecule has 8 nitrogen and oxygen atoms in total. The molecule has 8 heteroatoms. The normalized spacial score (nSPS) is 11.3. The number of hydrogen-bond acceptors (Lipinski definition) is 5. The third kappa shape index (κ3) is 1.68. The lowest BCUT2D eigenvalue weighted by Gasteiger charge is -2.05. The van der Waals surface area contributed by atoms with E-state index in [1.165, 1.54) is 17.9 Å². The van der Waals surface area contributed by atoms with Gasteiger partial charge in [0, 0.05) is 21.0 Å². The van der Waals surface area contributed by atoms with E-state index >= 15 is 0 Å². The van der Waals surface area contributed by atoms with Crippen LogP contribution in [-0.4, -0.2) is 23.7 Å². The molecule has 3 heterocycles. The highest BCUT2D eigenvalue weighted by Gasteiger charge is 2.15. The van der Waals surface area contributed by atoms with Crippen molar-refractivity contribution in [1.82, 2.24) is 23.7 Å². The second-order valence-electron chi connectivity index (χ2n) is 4.60. The zero-order valence-electron chi connectivity index (χ0n) is 11.3. The first-order valence-electron chi connectivity index (χ1n) is 6.01. The first-order valence-corrected chi connectivity index (χ1v) is 6.01. The Morgan fingerprint density at radius 3 is 2.60 bits per heavy atom. The standard InChI is InChI=1S/C12H13N5O3/c1-7-13-4-8(20-7)5-17-6-14-10-9(17)11(18)16(3)12(19)15(10)2/h4,6H,5H2,1-3H3. The number of rotatable bonds is 2. The number of aryl methyl sites for hydroxylation is 2. The summed E-state index contributed by atoms with van der Waals surface area (Å²) in [6, 6.07) is 0. The molecule has 0 unspecified atom stereocenters. The van der Waals surface area contributed by atoms with Crippen LogP contribution in [-0.2, 0) is 20.6 Å². The Labute approximate surface area is 112 Å². The molecule has 3 aromatic heterocycles. The number of imidazole rings is 1. The molecule has 0 aliphatic rings. The molecule has 0 spiro atoms. The summed E-state index contributed by atoms with van der Waals surface area (Å²) in [7, 11) is 3.03. The summed E-state index contributed by atoms with van der Waals surface area (Å²) in [4.78, 5) is 32.2. The van der Waals surface area contributed by atoms with Crippen LogP contribution in [0.2, 0.25) is 0 Å². The van der Waals surface area contributed by atoms with E-state index in [9.17, 15) is 9.59 Å². The number of aromatic nitrogens is 5. The highest BCUT2D eigenvalue weighted by Crippen LogP contribution is 2.10. The maximum Gasteiger partial charge on any atom is 0.332 e. The Morgan fingerprint density at radius 1 is 1.20 bits per heavy atom. The van der Waals surface area contributed by atoms with Crippen LogP contribution in [0.15, 0.2) is 26.5 Å². The zero-order valence-corrected chi connectivity index (χ0v) is 11.3. The molecule has 0 aliphatic heterocycles. The van der Waals surface area contributed by atoms with Crippen LogP contribution in [0.3, 0.4) is 0 Å². The molecule has 0 saturated carbocycles. The smallest absolute Gasteiger partial charge is 0.332 e. The van der Waals surface area contributed by atoms with Gasteiger partial charge in [0.25, 0.3) is 5.56 Å². The molecule has 0 N–H and O–H groups in total. The monoisotopic (exact) mass is 275 g/mol. The third-order valence-corrected chi connectivity index (χ3v) is 3.21. The highest BCUT2D eigenvalue weighted by atomic mass is 16.4. The van der Waals surface area contributed by atoms with Gasteiger partial charge in [-0.05, 0) is 0 Å². The predicted octanol–water partition coefficient (Wildman–Crippen LogP) is -0.222. The van der Waals surface area contributed by atoms with Crippen LogP contribution in [0, 0.1) is 6.92 Å². The van der Waals surface area contributed by atoms with Gasteiger partial charge in [0.15, 0.2) is 17.1 Å². The molecule has 0 aromatic carbocycles. The molecule has 3 aromatic rings. The lowest BCUT2D eigenvalue weighted by molar-refractivity contribution is 0.464. The Hall–Kier alpha value is -2.64. The minimum Gasteiger partial charge on any atom is -0.444 e. The highest BCUT2D eigenvalue weighted by molar-refractivity contribution is 5.70. The van der Waals surface area contributed by atoms with E-state index in [-0.39, 0.29) is 5.56 Å². The second kappa shape index (κ2) is 4.19. The van der Waals surface area contributed by atoms with Crippen molar-refractivity contribution >= 4 is 11.2 Å². The van der Waals surface area contributed by atoms with Crippen LogP contribution in [0.5, 0.6) is 0 Å². The minimum atomic E-state index is -0.400. The van der Waals surface area contributed by atoms with Gasteiger partial charge in [-0.2, -0.15) is 0 Å². The second-order valence-corrected chi connectivity index (χ2v) is 4.60. The van der Waals surface area contributed by atoms with E-state index in [0.29, 0.717) is 29.4 Å². The van der Waals surface area contributed by atoms with Gasteiger partial charge in [-0.15, -0.1) is 0 Å². The fourth-order valence-electron chi connectivity index (χ4n) is 2.16. The molecule has 3 rings (SSSR count). The van der Waals surface area contributed by atoms with Gasteiger partial charge < -0.3 is 8.98 Å². The van der Waals surface area contributed by atoms with E-state index in [1.807, 2.05) is 0 Å². The van der Waals surface area contributed by atoms with Gasteiger partial charge in [-0.3, -0.25) is 13.9 Å². The molecule has 0 saturated heterocycles. The summed E-state index contributed by atoms with van der Waals surface area (Å²) in [6.45, 7) is 2.09. The Morgan fingerprint density at radius 2 is 1.95 bits per heavy atom. The van der Waals surface area contributed by atoms with Crippen LogP contribution in [0.4, 0.5) is 0 Å². The average molecular weight is 275 g/mol. The van der Waals surface area contributed by atoms with Gasteiger partial charge in [-0.25, -0.2) is 14.8 Å². The molecule has 0 fully saturated rings. The van der Waals surface area contributed by atoms with Crippen LogP contribution >= 0.6 is 0 Å². The first-order chi connectivity index (χ1) is 9.49. The van der Waals surface area contributed by atoms with Gasteiger partial charge in [0.1, 0.15) is 5.76 Å². The summed E-state index contributed by atoms with van der Waals surface area (Å²) < 4.78 is 9.45. The average Bonchev–Trinajstić information content (AvgIpc) is 3.01. The summed E-state index contributed by atoms with van der Waals surface area (Å²) in [5, 5.41) is 0. The number of fused-ring (bicyclic) bond motifs is 1. The maximum atomic E-state index is 12.2. The Kier molecular flexibility index (Phi) is 2.60. The summed E-state index contributed by atoms with van der Waals surface area (Å²) >= 11 is 0. The van der Waals surface area contributed by atoms with Crippen molar-refractivity contribution in [3.63, 3.8) is 0 Å². The van der Waals surface area contributed by atoms with E-state index in [1.54, 1.807) is 24.7 Å². The Balaban J connectivity index is 2.23. The number of hydrogen-bond donors (Lipinski definition) is 0. The van der Waals surface area contributed by atoms with Crippen molar-refractivity contribution in [2.75, 3.05) is 0 Å². The topological polar surface area (TPSA) is 87.9 Å². The molecule has 20 heavy (non-hydrogen) atoms. The molecule has 104 valence electrons. The molecular formula is C12H13N5O3. The minimum absolute atomic E-state index is 0.338. The first kappa shape index (κ1) is 12.4.